The summed E-state index contributed by atoms with van der Waals surface area (Å²) < 4.78 is 2.03. The van der Waals surface area contributed by atoms with Crippen LogP contribution in [0, 0.1) is 12.8 Å². The van der Waals surface area contributed by atoms with Gasteiger partial charge in [-0.1, -0.05) is 30.3 Å². The highest BCUT2D eigenvalue weighted by molar-refractivity contribution is 5.38. The molecule has 5 heteroatoms. The second kappa shape index (κ2) is 6.28. The number of aryl methyl sites for hydroxylation is 1. The van der Waals surface area contributed by atoms with Gasteiger partial charge < -0.3 is 15.7 Å². The molecule has 1 aromatic heterocycles. The van der Waals surface area contributed by atoms with E-state index in [1.807, 2.05) is 41.9 Å². The molecule has 1 aliphatic rings. The van der Waals surface area contributed by atoms with E-state index in [0.29, 0.717) is 12.5 Å². The molecule has 0 aliphatic carbocycles. The van der Waals surface area contributed by atoms with Gasteiger partial charge in [0.2, 0.25) is 0 Å². The molecule has 0 spiro atoms. The lowest BCUT2D eigenvalue weighted by Gasteiger charge is -2.25. The lowest BCUT2D eigenvalue weighted by Crippen LogP contribution is -2.36. The fraction of sp³-hybridized carbons (Fsp3) is 0.438. The molecule has 5 nitrogen and oxygen atoms in total. The summed E-state index contributed by atoms with van der Waals surface area (Å²) in [6, 6.07) is 11.8. The van der Waals surface area contributed by atoms with E-state index >= 15 is 0 Å². The van der Waals surface area contributed by atoms with Crippen molar-refractivity contribution in [1.82, 2.24) is 15.1 Å². The number of aliphatic hydroxyl groups excluding tert-OH is 1. The number of hydrogen-bond donors (Lipinski definition) is 3. The molecule has 0 radical (unpaired) electrons. The molecular formula is C16H22N4O. The van der Waals surface area contributed by atoms with Gasteiger partial charge in [0.15, 0.2) is 0 Å². The first-order valence-corrected chi connectivity index (χ1v) is 7.44. The highest BCUT2D eigenvalue weighted by Crippen LogP contribution is 2.18. The Morgan fingerprint density at radius 2 is 2.24 bits per heavy atom. The molecule has 1 aromatic carbocycles. The Morgan fingerprint density at radius 3 is 3.05 bits per heavy atom. The number of fused-ring (bicyclic) bond motifs is 1. The van der Waals surface area contributed by atoms with Crippen molar-refractivity contribution in [2.45, 2.75) is 19.6 Å². The van der Waals surface area contributed by atoms with Crippen molar-refractivity contribution in [2.24, 2.45) is 5.92 Å². The van der Waals surface area contributed by atoms with Crippen LogP contribution in [-0.4, -0.2) is 34.5 Å². The van der Waals surface area contributed by atoms with E-state index in [0.717, 1.165) is 36.7 Å². The van der Waals surface area contributed by atoms with Crippen molar-refractivity contribution in [1.29, 1.82) is 0 Å². The quantitative estimate of drug-likeness (QED) is 0.780. The number of aromatic nitrogens is 2. The zero-order valence-electron chi connectivity index (χ0n) is 12.3. The summed E-state index contributed by atoms with van der Waals surface area (Å²) in [6.45, 7) is 5.32. The Kier molecular flexibility index (Phi) is 4.22. The maximum absolute atomic E-state index is 10.1. The van der Waals surface area contributed by atoms with Crippen molar-refractivity contribution in [3.63, 3.8) is 0 Å². The second-order valence-corrected chi connectivity index (χ2v) is 5.68. The van der Waals surface area contributed by atoms with Gasteiger partial charge in [0.05, 0.1) is 11.8 Å². The lowest BCUT2D eigenvalue weighted by atomic mass is 10.1. The first-order chi connectivity index (χ1) is 10.2. The molecule has 0 unspecified atom stereocenters. The van der Waals surface area contributed by atoms with Crippen LogP contribution in [0.5, 0.6) is 0 Å². The Bertz CT molecular complexity index is 581. The summed E-state index contributed by atoms with van der Waals surface area (Å²) in [5.41, 5.74) is 2.00. The number of nitrogens with one attached hydrogen (secondary N) is 2. The predicted molar refractivity (Wildman–Crippen MR) is 83.2 cm³/mol. The van der Waals surface area contributed by atoms with Gasteiger partial charge in [-0.15, -0.1) is 0 Å². The summed E-state index contributed by atoms with van der Waals surface area (Å²) in [7, 11) is 0. The average Bonchev–Trinajstić information content (AvgIpc) is 2.87. The van der Waals surface area contributed by atoms with E-state index in [1.54, 1.807) is 0 Å². The van der Waals surface area contributed by atoms with E-state index in [4.69, 9.17) is 0 Å². The Labute approximate surface area is 125 Å². The van der Waals surface area contributed by atoms with Gasteiger partial charge in [-0.3, -0.25) is 0 Å². The van der Waals surface area contributed by atoms with Gasteiger partial charge in [-0.25, -0.2) is 4.68 Å². The minimum Gasteiger partial charge on any atom is -0.387 e. The standard InChI is InChI=1S/C16H22N4O/c1-12-7-16-18-9-13(11-20(16)19-12)8-17-10-15(21)14-5-3-2-4-6-14/h2-7,13,15,17-18,21H,8-11H2,1H3/t13-,15-/m0/s1. The molecule has 0 bridgehead atoms. The number of nitrogens with zero attached hydrogens (tertiary/aromatic N) is 2. The van der Waals surface area contributed by atoms with Crippen LogP contribution in [0.1, 0.15) is 17.4 Å². The number of rotatable bonds is 5. The van der Waals surface area contributed by atoms with Gasteiger partial charge in [-0.2, -0.15) is 5.10 Å². The predicted octanol–water partition coefficient (Wildman–Crippen LogP) is 1.56. The Hall–Kier alpha value is -1.85. The SMILES string of the molecule is Cc1cc2n(n1)C[C@@H](CNC[C@H](O)c1ccccc1)CN2. The number of benzene rings is 1. The van der Waals surface area contributed by atoms with E-state index in [-0.39, 0.29) is 0 Å². The van der Waals surface area contributed by atoms with Crippen LogP contribution in [0.2, 0.25) is 0 Å². The van der Waals surface area contributed by atoms with Crippen molar-refractivity contribution >= 4 is 5.82 Å². The number of hydrogen-bond acceptors (Lipinski definition) is 4. The molecule has 0 saturated carbocycles. The molecule has 1 aliphatic heterocycles. The molecule has 3 rings (SSSR count). The van der Waals surface area contributed by atoms with Crippen molar-refractivity contribution in [2.75, 3.05) is 25.0 Å². The van der Waals surface area contributed by atoms with E-state index in [9.17, 15) is 5.11 Å². The third kappa shape index (κ3) is 3.43. The van der Waals surface area contributed by atoms with Crippen LogP contribution in [0.25, 0.3) is 0 Å². The molecule has 0 amide bonds. The smallest absolute Gasteiger partial charge is 0.124 e. The van der Waals surface area contributed by atoms with Crippen LogP contribution < -0.4 is 10.6 Å². The normalized spacial score (nSPS) is 18.9. The maximum Gasteiger partial charge on any atom is 0.124 e. The minimum absolute atomic E-state index is 0.453. The van der Waals surface area contributed by atoms with Gasteiger partial charge in [-0.05, 0) is 12.5 Å². The zero-order chi connectivity index (χ0) is 14.7. The largest absolute Gasteiger partial charge is 0.387 e. The second-order valence-electron chi connectivity index (χ2n) is 5.68. The minimum atomic E-state index is -0.453. The highest BCUT2D eigenvalue weighted by atomic mass is 16.3. The fourth-order valence-corrected chi connectivity index (χ4v) is 2.74. The van der Waals surface area contributed by atoms with Crippen molar-refractivity contribution in [3.05, 3.63) is 47.7 Å². The Morgan fingerprint density at radius 1 is 1.43 bits per heavy atom. The first kappa shape index (κ1) is 14.1. The van der Waals surface area contributed by atoms with Gasteiger partial charge in [0.25, 0.3) is 0 Å². The molecular weight excluding hydrogens is 264 g/mol. The zero-order valence-corrected chi connectivity index (χ0v) is 12.3. The monoisotopic (exact) mass is 286 g/mol. The molecule has 2 aromatic rings. The lowest BCUT2D eigenvalue weighted by molar-refractivity contribution is 0.172. The van der Waals surface area contributed by atoms with Crippen LogP contribution in [-0.2, 0) is 6.54 Å². The topological polar surface area (TPSA) is 62.1 Å². The summed E-state index contributed by atoms with van der Waals surface area (Å²) in [5, 5.41) is 21.3. The van der Waals surface area contributed by atoms with Crippen LogP contribution in [0.15, 0.2) is 36.4 Å². The van der Waals surface area contributed by atoms with Crippen molar-refractivity contribution in [3.8, 4) is 0 Å². The third-order valence-electron chi connectivity index (χ3n) is 3.86. The highest BCUT2D eigenvalue weighted by Gasteiger charge is 2.19. The van der Waals surface area contributed by atoms with Gasteiger partial charge in [0, 0.05) is 38.2 Å². The Balaban J connectivity index is 1.46. The molecule has 112 valence electrons. The van der Waals surface area contributed by atoms with E-state index < -0.39 is 6.10 Å². The van der Waals surface area contributed by atoms with Crippen LogP contribution in [0.4, 0.5) is 5.82 Å². The van der Waals surface area contributed by atoms with E-state index in [1.165, 1.54) is 0 Å². The molecule has 0 saturated heterocycles. The van der Waals surface area contributed by atoms with Gasteiger partial charge in [0.1, 0.15) is 5.82 Å². The third-order valence-corrected chi connectivity index (χ3v) is 3.86. The fourth-order valence-electron chi connectivity index (χ4n) is 2.74. The summed E-state index contributed by atoms with van der Waals surface area (Å²) in [5.74, 6) is 1.59. The number of anilines is 1. The maximum atomic E-state index is 10.1. The van der Waals surface area contributed by atoms with Crippen LogP contribution >= 0.6 is 0 Å². The summed E-state index contributed by atoms with van der Waals surface area (Å²) >= 11 is 0. The molecule has 3 N–H and O–H groups in total. The molecule has 21 heavy (non-hydrogen) atoms. The number of aliphatic hydroxyl groups is 1. The molecule has 0 fully saturated rings. The van der Waals surface area contributed by atoms with Gasteiger partial charge >= 0.3 is 0 Å². The average molecular weight is 286 g/mol. The van der Waals surface area contributed by atoms with Crippen LogP contribution in [0.3, 0.4) is 0 Å². The summed E-state index contributed by atoms with van der Waals surface area (Å²) in [6.07, 6.45) is -0.453. The molecule has 2 atom stereocenters. The first-order valence-electron chi connectivity index (χ1n) is 7.44. The summed E-state index contributed by atoms with van der Waals surface area (Å²) in [4.78, 5) is 0. The molecule has 2 heterocycles. The van der Waals surface area contributed by atoms with E-state index in [2.05, 4.69) is 21.8 Å². The van der Waals surface area contributed by atoms with Crippen molar-refractivity contribution < 1.29 is 5.11 Å².